The van der Waals surface area contributed by atoms with E-state index in [2.05, 4.69) is 5.32 Å². The average molecular weight is 237 g/mol. The van der Waals surface area contributed by atoms with Crippen LogP contribution in [-0.2, 0) is 10.3 Å². The van der Waals surface area contributed by atoms with Crippen LogP contribution in [0.25, 0.3) is 6.08 Å². The Balaban J connectivity index is 2.13. The topological polar surface area (TPSA) is 29.1 Å². The molecule has 1 atom stereocenters. The summed E-state index contributed by atoms with van der Waals surface area (Å²) in [4.78, 5) is 11.7. The zero-order valence-corrected chi connectivity index (χ0v) is 9.68. The Morgan fingerprint density at radius 3 is 2.89 bits per heavy atom. The highest BCUT2D eigenvalue weighted by molar-refractivity contribution is 5.85. The second kappa shape index (κ2) is 4.15. The van der Waals surface area contributed by atoms with Gasteiger partial charge < -0.3 is 5.32 Å². The average Bonchev–Trinajstić information content (AvgIpc) is 2.46. The number of hydrogen-bond acceptors (Lipinski definition) is 2. The minimum absolute atomic E-state index is 0.182. The fourth-order valence-corrected chi connectivity index (χ4v) is 2.14. The Morgan fingerprint density at radius 2 is 2.06 bits per heavy atom. The highest BCUT2D eigenvalue weighted by atomic mass is 16.1. The Kier molecular flexibility index (Phi) is 2.01. The van der Waals surface area contributed by atoms with E-state index in [0.717, 1.165) is 17.5 Å². The first-order chi connectivity index (χ1) is 9.64. The lowest BCUT2D eigenvalue weighted by Crippen LogP contribution is -2.36. The van der Waals surface area contributed by atoms with E-state index in [0.29, 0.717) is 5.56 Å². The summed E-state index contributed by atoms with van der Waals surface area (Å²) in [5, 5.41) is 3.20. The predicted molar refractivity (Wildman–Crippen MR) is 73.3 cm³/mol. The molecule has 0 saturated carbocycles. The van der Waals surface area contributed by atoms with Crippen molar-refractivity contribution in [2.75, 3.05) is 5.32 Å². The second-order valence-corrected chi connectivity index (χ2v) is 4.23. The number of carbonyl (C=O) groups is 1. The van der Waals surface area contributed by atoms with Crippen molar-refractivity contribution in [1.82, 2.24) is 0 Å². The van der Waals surface area contributed by atoms with Gasteiger partial charge in [0.1, 0.15) is 5.54 Å². The van der Waals surface area contributed by atoms with Crippen molar-refractivity contribution in [3.05, 3.63) is 71.8 Å². The van der Waals surface area contributed by atoms with Crippen LogP contribution < -0.4 is 5.32 Å². The van der Waals surface area contributed by atoms with Crippen LogP contribution in [0, 0.1) is 0 Å². The van der Waals surface area contributed by atoms with Gasteiger partial charge in [-0.3, -0.25) is 4.79 Å². The Hall–Kier alpha value is -2.35. The van der Waals surface area contributed by atoms with Crippen molar-refractivity contribution in [2.45, 2.75) is 5.54 Å². The van der Waals surface area contributed by atoms with E-state index in [1.165, 1.54) is 6.07 Å². The molecule has 88 valence electrons. The van der Waals surface area contributed by atoms with Gasteiger partial charge in [-0.25, -0.2) is 0 Å². The number of aldehydes is 1. The van der Waals surface area contributed by atoms with E-state index in [-0.39, 0.29) is 12.1 Å². The van der Waals surface area contributed by atoms with Crippen LogP contribution in [0.1, 0.15) is 13.9 Å². The fourth-order valence-electron chi connectivity index (χ4n) is 2.14. The van der Waals surface area contributed by atoms with E-state index in [1.807, 2.05) is 30.3 Å². The molecule has 0 spiro atoms. The third-order valence-corrected chi connectivity index (χ3v) is 3.12. The van der Waals surface area contributed by atoms with Crippen LogP contribution >= 0.6 is 0 Å². The van der Waals surface area contributed by atoms with Crippen LogP contribution in [-0.4, -0.2) is 6.29 Å². The molecule has 0 aliphatic carbocycles. The van der Waals surface area contributed by atoms with Crippen molar-refractivity contribution in [3.63, 3.8) is 0 Å². The molecule has 0 bridgehead atoms. The van der Waals surface area contributed by atoms with E-state index in [4.69, 9.17) is 2.74 Å². The van der Waals surface area contributed by atoms with Gasteiger partial charge in [-0.15, -0.1) is 0 Å². The van der Waals surface area contributed by atoms with E-state index >= 15 is 0 Å². The number of anilines is 1. The van der Waals surface area contributed by atoms with Crippen molar-refractivity contribution in [1.29, 1.82) is 0 Å². The molecule has 2 aromatic rings. The monoisotopic (exact) mass is 237 g/mol. The maximum absolute atomic E-state index is 11.7. The molecule has 1 aliphatic rings. The second-order valence-electron chi connectivity index (χ2n) is 4.23. The van der Waals surface area contributed by atoms with E-state index < -0.39 is 5.54 Å². The van der Waals surface area contributed by atoms with Gasteiger partial charge in [-0.2, -0.15) is 0 Å². The van der Waals surface area contributed by atoms with Crippen molar-refractivity contribution in [2.24, 2.45) is 0 Å². The molecular weight excluding hydrogens is 222 g/mol. The lowest BCUT2D eigenvalue weighted by Gasteiger charge is -2.31. The molecule has 1 unspecified atom stereocenters. The molecule has 1 aliphatic heterocycles. The number of fused-ring (bicyclic) bond motifs is 1. The third kappa shape index (κ3) is 1.63. The van der Waals surface area contributed by atoms with Gasteiger partial charge >= 0.3 is 0 Å². The summed E-state index contributed by atoms with van der Waals surface area (Å²) in [6, 6.07) is 12.8. The van der Waals surface area contributed by atoms with Crippen molar-refractivity contribution >= 4 is 18.0 Å². The van der Waals surface area contributed by atoms with Crippen LogP contribution in [0.4, 0.5) is 5.69 Å². The SMILES string of the molecule is [2H]c1ccc(C2(C=O)C=Cc3ccccc3N2)c([2H])c1. The smallest absolute Gasteiger partial charge is 0.153 e. The maximum atomic E-state index is 11.7. The number of carbonyl (C=O) groups excluding carboxylic acids is 1. The minimum Gasteiger partial charge on any atom is -0.366 e. The van der Waals surface area contributed by atoms with E-state index in [9.17, 15) is 4.79 Å². The first-order valence-corrected chi connectivity index (χ1v) is 5.75. The van der Waals surface area contributed by atoms with Gasteiger partial charge in [-0.1, -0.05) is 54.6 Å². The first kappa shape index (κ1) is 8.70. The fraction of sp³-hybridized carbons (Fsp3) is 0.0625. The highest BCUT2D eigenvalue weighted by Crippen LogP contribution is 2.33. The predicted octanol–water partition coefficient (Wildman–Crippen LogP) is 3.22. The maximum Gasteiger partial charge on any atom is 0.153 e. The van der Waals surface area contributed by atoms with Crippen LogP contribution in [0.2, 0.25) is 0 Å². The van der Waals surface area contributed by atoms with Gasteiger partial charge in [0.15, 0.2) is 6.29 Å². The molecular formula is C16H13NO. The molecule has 0 aromatic heterocycles. The largest absolute Gasteiger partial charge is 0.366 e. The normalized spacial score (nSPS) is 22.4. The Bertz CT molecular complexity index is 711. The molecule has 0 saturated heterocycles. The van der Waals surface area contributed by atoms with E-state index in [1.54, 1.807) is 18.2 Å². The molecule has 1 N–H and O–H groups in total. The van der Waals surface area contributed by atoms with Crippen LogP contribution in [0.5, 0.6) is 0 Å². The quantitative estimate of drug-likeness (QED) is 0.812. The van der Waals surface area contributed by atoms with Crippen molar-refractivity contribution in [3.8, 4) is 0 Å². The summed E-state index contributed by atoms with van der Waals surface area (Å²) >= 11 is 0. The van der Waals surface area contributed by atoms with Gasteiger partial charge in [0, 0.05) is 5.69 Å². The number of para-hydroxylation sites is 1. The molecule has 0 amide bonds. The van der Waals surface area contributed by atoms with Gasteiger partial charge in [0.05, 0.1) is 2.74 Å². The first-order valence-electron chi connectivity index (χ1n) is 6.75. The summed E-state index contributed by atoms with van der Waals surface area (Å²) in [6.45, 7) is 0. The number of nitrogens with one attached hydrogen (secondary N) is 1. The molecule has 3 rings (SSSR count). The zero-order valence-electron chi connectivity index (χ0n) is 11.7. The lowest BCUT2D eigenvalue weighted by atomic mass is 9.87. The molecule has 0 radical (unpaired) electrons. The molecule has 2 nitrogen and oxygen atoms in total. The Labute approximate surface area is 109 Å². The van der Waals surface area contributed by atoms with Crippen molar-refractivity contribution < 1.29 is 7.54 Å². The zero-order chi connectivity index (χ0) is 14.2. The molecule has 0 fully saturated rings. The molecule has 2 heteroatoms. The number of hydrogen-bond donors (Lipinski definition) is 1. The summed E-state index contributed by atoms with van der Waals surface area (Å²) in [5.74, 6) is 0. The molecule has 2 aromatic carbocycles. The Morgan fingerprint density at radius 1 is 1.17 bits per heavy atom. The third-order valence-electron chi connectivity index (χ3n) is 3.12. The standard InChI is InChI=1S/C16H13NO/c18-12-16(14-7-2-1-3-8-14)11-10-13-6-4-5-9-15(13)17-16/h1-12,17H/i1D,7D. The summed E-state index contributed by atoms with van der Waals surface area (Å²) in [5.41, 5.74) is 1.37. The van der Waals surface area contributed by atoms with Gasteiger partial charge in [-0.05, 0) is 23.3 Å². The van der Waals surface area contributed by atoms with Crippen LogP contribution in [0.3, 0.4) is 0 Å². The highest BCUT2D eigenvalue weighted by Gasteiger charge is 2.31. The van der Waals surface area contributed by atoms with Gasteiger partial charge in [0.2, 0.25) is 0 Å². The summed E-state index contributed by atoms with van der Waals surface area (Å²) in [7, 11) is 0. The molecule has 18 heavy (non-hydrogen) atoms. The number of rotatable bonds is 2. The van der Waals surface area contributed by atoms with Crippen LogP contribution in [0.15, 0.2) is 60.6 Å². The van der Waals surface area contributed by atoms with Gasteiger partial charge in [0.25, 0.3) is 0 Å². The minimum atomic E-state index is -1.04. The summed E-state index contributed by atoms with van der Waals surface area (Å²) in [6.07, 6.45) is 4.45. The number of benzene rings is 2. The molecule has 1 heterocycles. The lowest BCUT2D eigenvalue weighted by molar-refractivity contribution is -0.110. The summed E-state index contributed by atoms with van der Waals surface area (Å²) < 4.78 is 15.5.